The number of carbonyl (C=O) groups excluding carboxylic acids is 1. The molecule has 1 N–H and O–H groups in total. The summed E-state index contributed by atoms with van der Waals surface area (Å²) in [5, 5.41) is 7.40. The first-order valence-corrected chi connectivity index (χ1v) is 8.33. The maximum Gasteiger partial charge on any atom is 0.292 e. The summed E-state index contributed by atoms with van der Waals surface area (Å²) >= 11 is 0. The minimum absolute atomic E-state index is 0.0477. The van der Waals surface area contributed by atoms with Gasteiger partial charge in [0, 0.05) is 24.2 Å². The Hall–Kier alpha value is -2.14. The van der Waals surface area contributed by atoms with Crippen LogP contribution in [0.2, 0.25) is 0 Å². The molecule has 0 spiro atoms. The fourth-order valence-electron chi connectivity index (χ4n) is 3.07. The Kier molecular flexibility index (Phi) is 5.08. The van der Waals surface area contributed by atoms with Gasteiger partial charge in [0.1, 0.15) is 5.69 Å². The summed E-state index contributed by atoms with van der Waals surface area (Å²) in [6.07, 6.45) is 2.92. The Morgan fingerprint density at radius 1 is 1.30 bits per heavy atom. The van der Waals surface area contributed by atoms with Crippen molar-refractivity contribution in [3.8, 4) is 11.3 Å². The average Bonchev–Trinajstić information content (AvgIpc) is 3.11. The zero-order valence-electron chi connectivity index (χ0n) is 13.5. The van der Waals surface area contributed by atoms with Gasteiger partial charge in [0.25, 0.3) is 5.91 Å². The van der Waals surface area contributed by atoms with Gasteiger partial charge in [-0.25, -0.2) is 0 Å². The van der Waals surface area contributed by atoms with Crippen LogP contribution >= 0.6 is 0 Å². The van der Waals surface area contributed by atoms with Gasteiger partial charge in [-0.3, -0.25) is 4.79 Å². The summed E-state index contributed by atoms with van der Waals surface area (Å²) in [7, 11) is 0. The van der Waals surface area contributed by atoms with Gasteiger partial charge in [-0.05, 0) is 32.4 Å². The molecule has 0 saturated carbocycles. The van der Waals surface area contributed by atoms with E-state index < -0.39 is 0 Å². The van der Waals surface area contributed by atoms with E-state index in [-0.39, 0.29) is 11.9 Å². The summed E-state index contributed by atoms with van der Waals surface area (Å²) in [5.74, 6) is 0.282. The van der Waals surface area contributed by atoms with Crippen molar-refractivity contribution in [1.29, 1.82) is 0 Å². The first-order chi connectivity index (χ1) is 11.3. The van der Waals surface area contributed by atoms with E-state index in [0.717, 1.165) is 44.5 Å². The third-order valence-corrected chi connectivity index (χ3v) is 4.27. The molecule has 0 atom stereocenters. The van der Waals surface area contributed by atoms with Crippen LogP contribution in [0.4, 0.5) is 0 Å². The Bertz CT molecular complexity index is 633. The molecule has 1 aliphatic heterocycles. The molecule has 1 aliphatic rings. The zero-order valence-corrected chi connectivity index (χ0v) is 13.5. The van der Waals surface area contributed by atoms with Crippen molar-refractivity contribution in [3.05, 3.63) is 42.2 Å². The highest BCUT2D eigenvalue weighted by atomic mass is 16.5. The van der Waals surface area contributed by atoms with Gasteiger partial charge in [-0.15, -0.1) is 0 Å². The molecule has 122 valence electrons. The minimum Gasteiger partial charge on any atom is -0.350 e. The third kappa shape index (κ3) is 3.62. The van der Waals surface area contributed by atoms with Crippen LogP contribution in [0.1, 0.15) is 36.7 Å². The van der Waals surface area contributed by atoms with Gasteiger partial charge in [0.15, 0.2) is 0 Å². The second-order valence-electron chi connectivity index (χ2n) is 5.92. The van der Waals surface area contributed by atoms with Crippen molar-refractivity contribution < 1.29 is 9.32 Å². The van der Waals surface area contributed by atoms with E-state index in [2.05, 4.69) is 17.4 Å². The van der Waals surface area contributed by atoms with Crippen LogP contribution in [-0.2, 0) is 0 Å². The first kappa shape index (κ1) is 15.7. The van der Waals surface area contributed by atoms with Crippen molar-refractivity contribution in [2.75, 3.05) is 19.6 Å². The largest absolute Gasteiger partial charge is 0.350 e. The number of carbonyl (C=O) groups is 1. The van der Waals surface area contributed by atoms with Gasteiger partial charge in [0.05, 0.1) is 0 Å². The van der Waals surface area contributed by atoms with Crippen LogP contribution in [0.15, 0.2) is 40.9 Å². The second kappa shape index (κ2) is 7.42. The molecule has 1 saturated heterocycles. The molecule has 1 aromatic carbocycles. The maximum absolute atomic E-state index is 12.9. The lowest BCUT2D eigenvalue weighted by Gasteiger charge is -2.33. The molecule has 2 heterocycles. The highest BCUT2D eigenvalue weighted by Crippen LogP contribution is 2.21. The molecule has 0 bridgehead atoms. The van der Waals surface area contributed by atoms with E-state index in [1.807, 2.05) is 35.2 Å². The van der Waals surface area contributed by atoms with Crippen molar-refractivity contribution >= 4 is 5.91 Å². The molecule has 5 heteroatoms. The van der Waals surface area contributed by atoms with E-state index in [0.29, 0.717) is 11.5 Å². The van der Waals surface area contributed by atoms with Gasteiger partial charge >= 0.3 is 0 Å². The van der Waals surface area contributed by atoms with Crippen molar-refractivity contribution in [2.45, 2.75) is 32.2 Å². The van der Waals surface area contributed by atoms with E-state index in [4.69, 9.17) is 4.52 Å². The molecule has 23 heavy (non-hydrogen) atoms. The van der Waals surface area contributed by atoms with Crippen LogP contribution in [-0.4, -0.2) is 41.6 Å². The molecule has 1 amide bonds. The van der Waals surface area contributed by atoms with Crippen LogP contribution in [0, 0.1) is 0 Å². The van der Waals surface area contributed by atoms with E-state index in [1.54, 1.807) is 6.07 Å². The summed E-state index contributed by atoms with van der Waals surface area (Å²) in [4.78, 5) is 14.8. The van der Waals surface area contributed by atoms with E-state index in [1.165, 1.54) is 0 Å². The lowest BCUT2D eigenvalue weighted by molar-refractivity contribution is 0.0600. The van der Waals surface area contributed by atoms with Crippen molar-refractivity contribution in [3.63, 3.8) is 0 Å². The zero-order chi connectivity index (χ0) is 16.1. The van der Waals surface area contributed by atoms with Crippen LogP contribution < -0.4 is 5.32 Å². The molecule has 0 aliphatic carbocycles. The molecular formula is C18H23N3O2. The molecule has 3 rings (SSSR count). The smallest absolute Gasteiger partial charge is 0.292 e. The predicted molar refractivity (Wildman–Crippen MR) is 89.2 cm³/mol. The monoisotopic (exact) mass is 313 g/mol. The number of aromatic nitrogens is 1. The van der Waals surface area contributed by atoms with Crippen LogP contribution in [0.25, 0.3) is 11.3 Å². The van der Waals surface area contributed by atoms with Crippen molar-refractivity contribution in [2.24, 2.45) is 0 Å². The Morgan fingerprint density at radius 3 is 2.74 bits per heavy atom. The molecule has 1 fully saturated rings. The second-order valence-corrected chi connectivity index (χ2v) is 5.92. The highest BCUT2D eigenvalue weighted by Gasteiger charge is 2.28. The number of nitrogens with one attached hydrogen (secondary N) is 1. The highest BCUT2D eigenvalue weighted by molar-refractivity contribution is 5.92. The summed E-state index contributed by atoms with van der Waals surface area (Å²) in [5.41, 5.74) is 1.66. The topological polar surface area (TPSA) is 58.4 Å². The maximum atomic E-state index is 12.9. The van der Waals surface area contributed by atoms with Gasteiger partial charge in [-0.2, -0.15) is 0 Å². The lowest BCUT2D eigenvalue weighted by atomic mass is 10.0. The standard InChI is InChI=1S/C18H23N3O2/c1-2-12-21(15-8-10-19-11-9-15)18(22)17-13-16(20-23-17)14-6-4-3-5-7-14/h3-7,13,15,19H,2,8-12H2,1H3. The molecule has 0 radical (unpaired) electrons. The Labute approximate surface area is 136 Å². The number of rotatable bonds is 5. The number of piperidine rings is 1. The Balaban J connectivity index is 1.78. The molecule has 2 aromatic rings. The first-order valence-electron chi connectivity index (χ1n) is 8.33. The summed E-state index contributed by atoms with van der Waals surface area (Å²) < 4.78 is 5.34. The molecule has 5 nitrogen and oxygen atoms in total. The van der Waals surface area contributed by atoms with Gasteiger partial charge in [0.2, 0.25) is 5.76 Å². The number of benzene rings is 1. The normalized spacial score (nSPS) is 15.5. The van der Waals surface area contributed by atoms with Gasteiger partial charge in [-0.1, -0.05) is 42.4 Å². The Morgan fingerprint density at radius 2 is 2.04 bits per heavy atom. The van der Waals surface area contributed by atoms with Crippen LogP contribution in [0.5, 0.6) is 0 Å². The molecular weight excluding hydrogens is 290 g/mol. The number of hydrogen-bond acceptors (Lipinski definition) is 4. The fourth-order valence-corrected chi connectivity index (χ4v) is 3.07. The van der Waals surface area contributed by atoms with Gasteiger partial charge < -0.3 is 14.7 Å². The quantitative estimate of drug-likeness (QED) is 0.922. The predicted octanol–water partition coefficient (Wildman–Crippen LogP) is 2.95. The van der Waals surface area contributed by atoms with E-state index in [9.17, 15) is 4.79 Å². The minimum atomic E-state index is -0.0477. The average molecular weight is 313 g/mol. The van der Waals surface area contributed by atoms with Crippen LogP contribution in [0.3, 0.4) is 0 Å². The SMILES string of the molecule is CCCN(C(=O)c1cc(-c2ccccc2)no1)C1CCNCC1. The lowest BCUT2D eigenvalue weighted by Crippen LogP contribution is -2.46. The summed E-state index contributed by atoms with van der Waals surface area (Å²) in [6.45, 7) is 4.77. The summed E-state index contributed by atoms with van der Waals surface area (Å²) in [6, 6.07) is 11.8. The number of hydrogen-bond donors (Lipinski definition) is 1. The van der Waals surface area contributed by atoms with Crippen molar-refractivity contribution in [1.82, 2.24) is 15.4 Å². The number of amides is 1. The molecule has 0 unspecified atom stereocenters. The fraction of sp³-hybridized carbons (Fsp3) is 0.444. The van der Waals surface area contributed by atoms with E-state index >= 15 is 0 Å². The third-order valence-electron chi connectivity index (χ3n) is 4.27. The number of nitrogens with zero attached hydrogens (tertiary/aromatic N) is 2. The molecule has 1 aromatic heterocycles.